The van der Waals surface area contributed by atoms with E-state index in [9.17, 15) is 36.3 Å². The van der Waals surface area contributed by atoms with Crippen LogP contribution in [0.2, 0.25) is 0 Å². The quantitative estimate of drug-likeness (QED) is 0.339. The van der Waals surface area contributed by atoms with Crippen molar-refractivity contribution < 1.29 is 41.4 Å². The highest BCUT2D eigenvalue weighted by molar-refractivity contribution is 5.90. The fraction of sp³-hybridized carbons (Fsp3) is 0.211. The van der Waals surface area contributed by atoms with Gasteiger partial charge in [-0.05, 0) is 5.56 Å². The highest BCUT2D eigenvalue weighted by Gasteiger charge is 2.28. The van der Waals surface area contributed by atoms with Crippen LogP contribution in [0, 0.1) is 29.1 Å². The average Bonchev–Trinajstić information content (AvgIpc) is 2.72. The van der Waals surface area contributed by atoms with Gasteiger partial charge in [0.05, 0.1) is 6.42 Å². The molecular weight excluding hydrogens is 415 g/mol. The van der Waals surface area contributed by atoms with E-state index in [-0.39, 0.29) is 6.42 Å². The molecule has 0 unspecified atom stereocenters. The summed E-state index contributed by atoms with van der Waals surface area (Å²) in [5, 5.41) is 12.8. The van der Waals surface area contributed by atoms with Crippen molar-refractivity contribution in [1.82, 2.24) is 10.6 Å². The van der Waals surface area contributed by atoms with Gasteiger partial charge in [0.25, 0.3) is 0 Å². The van der Waals surface area contributed by atoms with Crippen LogP contribution < -0.4 is 10.6 Å². The number of benzene rings is 2. The molecule has 2 aromatic carbocycles. The molecule has 0 heterocycles. The van der Waals surface area contributed by atoms with Crippen molar-refractivity contribution in [1.29, 1.82) is 0 Å². The summed E-state index contributed by atoms with van der Waals surface area (Å²) in [4.78, 5) is 35.0. The molecule has 0 fully saturated rings. The molecule has 2 amide bonds. The maximum atomic E-state index is 13.8. The molecule has 1 atom stereocenters. The number of aliphatic carboxylic acids is 1. The third-order valence-electron chi connectivity index (χ3n) is 3.99. The molecule has 30 heavy (non-hydrogen) atoms. The number of carbonyl (C=O) groups is 3. The standard InChI is InChI=1S/C19H15F5N2O4/c20-14-10(15(21)17(23)18(24)16(14)22)7-12(27)26-11(19(30)25-8-13(28)29)6-9-4-2-1-3-5-9/h1-5,11H,6-8H2,(H,25,30)(H,26,27)(H,28,29)/t11-/m0/s1. The second kappa shape index (κ2) is 9.81. The molecule has 0 spiro atoms. The number of carbonyl (C=O) groups excluding carboxylic acids is 2. The SMILES string of the molecule is O=C(O)CNC(=O)[C@H](Cc1ccccc1)NC(=O)Cc1c(F)c(F)c(F)c(F)c1F. The molecule has 0 bridgehead atoms. The Balaban J connectivity index is 2.22. The molecule has 6 nitrogen and oxygen atoms in total. The van der Waals surface area contributed by atoms with Crippen molar-refractivity contribution in [3.05, 3.63) is 70.5 Å². The van der Waals surface area contributed by atoms with Crippen LogP contribution in [-0.2, 0) is 27.2 Å². The highest BCUT2D eigenvalue weighted by Crippen LogP contribution is 2.23. The van der Waals surface area contributed by atoms with E-state index < -0.39 is 71.4 Å². The van der Waals surface area contributed by atoms with Gasteiger partial charge in [-0.3, -0.25) is 14.4 Å². The molecule has 0 aliphatic heterocycles. The number of rotatable bonds is 8. The first-order valence-electron chi connectivity index (χ1n) is 8.44. The van der Waals surface area contributed by atoms with Crippen molar-refractivity contribution in [2.24, 2.45) is 0 Å². The largest absolute Gasteiger partial charge is 0.480 e. The maximum absolute atomic E-state index is 13.8. The Labute approximate surface area is 166 Å². The maximum Gasteiger partial charge on any atom is 0.322 e. The van der Waals surface area contributed by atoms with E-state index in [2.05, 4.69) is 5.32 Å². The van der Waals surface area contributed by atoms with E-state index in [4.69, 9.17) is 5.11 Å². The number of carboxylic acid groups (broad SMARTS) is 1. The Hall–Kier alpha value is -3.50. The van der Waals surface area contributed by atoms with Gasteiger partial charge in [-0.25, -0.2) is 22.0 Å². The Kier molecular flexibility index (Phi) is 7.45. The Bertz CT molecular complexity index is 940. The van der Waals surface area contributed by atoms with Crippen LogP contribution in [0.1, 0.15) is 11.1 Å². The lowest BCUT2D eigenvalue weighted by Crippen LogP contribution is -2.49. The summed E-state index contributed by atoms with van der Waals surface area (Å²) < 4.78 is 67.2. The Morgan fingerprint density at radius 1 is 0.867 bits per heavy atom. The van der Waals surface area contributed by atoms with Gasteiger partial charge in [0.15, 0.2) is 23.3 Å². The highest BCUT2D eigenvalue weighted by atomic mass is 19.2. The van der Waals surface area contributed by atoms with E-state index in [0.717, 1.165) is 0 Å². The molecule has 3 N–H and O–H groups in total. The van der Waals surface area contributed by atoms with E-state index >= 15 is 0 Å². The molecule has 160 valence electrons. The van der Waals surface area contributed by atoms with Gasteiger partial charge in [-0.2, -0.15) is 0 Å². The molecule has 0 saturated carbocycles. The van der Waals surface area contributed by atoms with Crippen LogP contribution in [0.15, 0.2) is 30.3 Å². The first-order valence-corrected chi connectivity index (χ1v) is 8.44. The monoisotopic (exact) mass is 430 g/mol. The third kappa shape index (κ3) is 5.52. The molecule has 0 saturated heterocycles. The van der Waals surface area contributed by atoms with Gasteiger partial charge < -0.3 is 15.7 Å². The van der Waals surface area contributed by atoms with Crippen LogP contribution in [0.25, 0.3) is 0 Å². The summed E-state index contributed by atoms with van der Waals surface area (Å²) >= 11 is 0. The third-order valence-corrected chi connectivity index (χ3v) is 3.99. The van der Waals surface area contributed by atoms with Gasteiger partial charge in [-0.1, -0.05) is 30.3 Å². The van der Waals surface area contributed by atoms with E-state index in [1.807, 2.05) is 5.32 Å². The fourth-order valence-electron chi connectivity index (χ4n) is 2.56. The topological polar surface area (TPSA) is 95.5 Å². The lowest BCUT2D eigenvalue weighted by molar-refractivity contribution is -0.138. The van der Waals surface area contributed by atoms with Gasteiger partial charge in [0, 0.05) is 12.0 Å². The Morgan fingerprint density at radius 3 is 1.93 bits per heavy atom. The van der Waals surface area contributed by atoms with Crippen molar-refractivity contribution in [3.8, 4) is 0 Å². The van der Waals surface area contributed by atoms with Crippen LogP contribution in [0.4, 0.5) is 22.0 Å². The predicted octanol–water partition coefficient (Wildman–Crippen LogP) is 1.85. The zero-order valence-electron chi connectivity index (χ0n) is 15.1. The number of hydrogen-bond donors (Lipinski definition) is 3. The van der Waals surface area contributed by atoms with Gasteiger partial charge in [-0.15, -0.1) is 0 Å². The number of halogens is 5. The van der Waals surface area contributed by atoms with Crippen molar-refractivity contribution in [3.63, 3.8) is 0 Å². The second-order valence-electron chi connectivity index (χ2n) is 6.15. The van der Waals surface area contributed by atoms with Crippen LogP contribution in [0.5, 0.6) is 0 Å². The molecule has 0 aliphatic rings. The lowest BCUT2D eigenvalue weighted by atomic mass is 10.0. The first-order chi connectivity index (χ1) is 14.1. The minimum absolute atomic E-state index is 0.116. The summed E-state index contributed by atoms with van der Waals surface area (Å²) in [6, 6.07) is 6.81. The number of hydrogen-bond acceptors (Lipinski definition) is 3. The molecule has 0 radical (unpaired) electrons. The van der Waals surface area contributed by atoms with Crippen molar-refractivity contribution in [2.75, 3.05) is 6.54 Å². The van der Waals surface area contributed by atoms with Gasteiger partial charge in [0.2, 0.25) is 17.6 Å². The minimum atomic E-state index is -2.36. The summed E-state index contributed by atoms with van der Waals surface area (Å²) in [6.07, 6.45) is -1.35. The normalized spacial score (nSPS) is 11.6. The van der Waals surface area contributed by atoms with Crippen LogP contribution >= 0.6 is 0 Å². The van der Waals surface area contributed by atoms with Gasteiger partial charge >= 0.3 is 5.97 Å². The average molecular weight is 430 g/mol. The number of carboxylic acids is 1. The van der Waals surface area contributed by atoms with Crippen LogP contribution in [0.3, 0.4) is 0 Å². The number of nitrogens with one attached hydrogen (secondary N) is 2. The fourth-order valence-corrected chi connectivity index (χ4v) is 2.56. The Morgan fingerprint density at radius 2 is 1.40 bits per heavy atom. The molecule has 0 aliphatic carbocycles. The minimum Gasteiger partial charge on any atom is -0.480 e. The number of amides is 2. The van der Waals surface area contributed by atoms with E-state index in [1.54, 1.807) is 30.3 Å². The molecule has 2 rings (SSSR count). The van der Waals surface area contributed by atoms with E-state index in [0.29, 0.717) is 5.56 Å². The first kappa shape index (κ1) is 22.8. The molecule has 0 aromatic heterocycles. The molecule has 11 heteroatoms. The summed E-state index contributed by atoms with van der Waals surface area (Å²) in [7, 11) is 0. The zero-order valence-corrected chi connectivity index (χ0v) is 15.1. The zero-order chi connectivity index (χ0) is 22.4. The second-order valence-corrected chi connectivity index (χ2v) is 6.15. The van der Waals surface area contributed by atoms with E-state index in [1.165, 1.54) is 0 Å². The van der Waals surface area contributed by atoms with Crippen molar-refractivity contribution >= 4 is 17.8 Å². The summed E-state index contributed by atoms with van der Waals surface area (Å²) in [6.45, 7) is -0.752. The lowest BCUT2D eigenvalue weighted by Gasteiger charge is -2.18. The predicted molar refractivity (Wildman–Crippen MR) is 92.7 cm³/mol. The van der Waals surface area contributed by atoms with Gasteiger partial charge in [0.1, 0.15) is 12.6 Å². The summed E-state index contributed by atoms with van der Waals surface area (Å²) in [5.74, 6) is -14.5. The summed E-state index contributed by atoms with van der Waals surface area (Å²) in [5.41, 5.74) is -0.794. The molecular formula is C19H15F5N2O4. The smallest absolute Gasteiger partial charge is 0.322 e. The van der Waals surface area contributed by atoms with Crippen LogP contribution in [-0.4, -0.2) is 35.5 Å². The van der Waals surface area contributed by atoms with Crippen molar-refractivity contribution in [2.45, 2.75) is 18.9 Å². The molecule has 2 aromatic rings.